The Bertz CT molecular complexity index is 1650. The van der Waals surface area contributed by atoms with Crippen LogP contribution in [0.25, 0.3) is 22.4 Å². The van der Waals surface area contributed by atoms with Gasteiger partial charge in [0.1, 0.15) is 17.7 Å². The zero-order valence-electron chi connectivity index (χ0n) is 22.5. The molecule has 0 saturated carbocycles. The van der Waals surface area contributed by atoms with E-state index in [4.69, 9.17) is 18.9 Å². The first-order chi connectivity index (χ1) is 19.4. The molecule has 0 unspecified atom stereocenters. The van der Waals surface area contributed by atoms with Gasteiger partial charge < -0.3 is 25.7 Å². The highest BCUT2D eigenvalue weighted by molar-refractivity contribution is 5.92. The van der Waals surface area contributed by atoms with E-state index < -0.39 is 35.9 Å². The molecule has 3 aromatic heterocycles. The van der Waals surface area contributed by atoms with Gasteiger partial charge in [0.25, 0.3) is 6.43 Å². The van der Waals surface area contributed by atoms with Crippen LogP contribution in [0, 0.1) is 11.6 Å². The zero-order valence-corrected chi connectivity index (χ0v) is 20.5. The van der Waals surface area contributed by atoms with Crippen LogP contribution in [0.5, 0.6) is 5.75 Å². The number of piperidine rings is 1. The molecule has 1 fully saturated rings. The summed E-state index contributed by atoms with van der Waals surface area (Å²) in [6.07, 6.45) is 0.432. The van der Waals surface area contributed by atoms with Crippen LogP contribution < -0.4 is 21.1 Å². The first kappa shape index (κ1) is 23.8. The van der Waals surface area contributed by atoms with Crippen LogP contribution in [0.2, 0.25) is 0 Å². The number of nitrogens with two attached hydrogens (primary N) is 2. The molecule has 0 aliphatic carbocycles. The maximum Gasteiger partial charge on any atom is 0.297 e. The maximum atomic E-state index is 15.0. The second-order valence-corrected chi connectivity index (χ2v) is 9.06. The largest absolute Gasteiger partial charge is 0.494 e. The molecule has 0 bridgehead atoms. The van der Waals surface area contributed by atoms with Crippen molar-refractivity contribution in [2.24, 2.45) is 5.73 Å². The van der Waals surface area contributed by atoms with Gasteiger partial charge in [0.2, 0.25) is 5.78 Å². The smallest absolute Gasteiger partial charge is 0.297 e. The lowest BCUT2D eigenvalue weighted by atomic mass is 9.85. The van der Waals surface area contributed by atoms with Crippen molar-refractivity contribution >= 4 is 28.5 Å². The number of nitrogen functional groups attached to an aromatic ring is 1. The second-order valence-electron chi connectivity index (χ2n) is 9.06. The maximum absolute atomic E-state index is 15.0. The Hall–Kier alpha value is -4.33. The number of nitrogens with zero attached hydrogens (tertiary/aromatic N) is 6. The number of benzene rings is 1. The lowest BCUT2D eigenvalue weighted by Gasteiger charge is -2.40. The number of hydrogen-bond acceptors (Lipinski definition) is 9. The monoisotopic (exact) mass is 546 g/mol. The molecule has 0 amide bonds. The van der Waals surface area contributed by atoms with Gasteiger partial charge in [-0.25, -0.2) is 32.5 Å². The number of ether oxygens (including phenoxy) is 1. The average Bonchev–Trinajstić information content (AvgIpc) is 3.40. The van der Waals surface area contributed by atoms with Gasteiger partial charge in [-0.1, -0.05) is 0 Å². The van der Waals surface area contributed by atoms with Crippen molar-refractivity contribution < 1.29 is 29.8 Å². The van der Waals surface area contributed by atoms with E-state index >= 15 is 4.39 Å². The minimum Gasteiger partial charge on any atom is -0.494 e. The molecular weight excluding hydrogens is 520 g/mol. The summed E-state index contributed by atoms with van der Waals surface area (Å²) in [7, 11) is 1.18. The second kappa shape index (κ2) is 10.1. The minimum atomic E-state index is -3.29. The number of imidazole rings is 1. The average molecular weight is 547 g/mol. The number of pyridine rings is 1. The molecular formula is C25H24F4N8O2. The molecule has 0 radical (unpaired) electrons. The highest BCUT2D eigenvalue weighted by atomic mass is 19.3. The zero-order chi connectivity index (χ0) is 29.7. The van der Waals surface area contributed by atoms with Gasteiger partial charge in [-0.15, -0.1) is 0 Å². The van der Waals surface area contributed by atoms with Crippen LogP contribution >= 0.6 is 0 Å². The third-order valence-electron chi connectivity index (χ3n) is 6.56. The number of carbonyl (C=O) groups is 1. The molecule has 4 aromatic rings. The summed E-state index contributed by atoms with van der Waals surface area (Å²) in [5.74, 6) is -3.52. The van der Waals surface area contributed by atoms with Crippen LogP contribution in [0.3, 0.4) is 0 Å². The number of rotatable bonds is 7. The van der Waals surface area contributed by atoms with Crippen molar-refractivity contribution in [2.75, 3.05) is 30.8 Å². The fourth-order valence-electron chi connectivity index (χ4n) is 4.59. The lowest BCUT2D eigenvalue weighted by molar-refractivity contribution is -0.135. The van der Waals surface area contributed by atoms with E-state index in [9.17, 15) is 18.0 Å². The fraction of sp³-hybridized carbons (Fsp3) is 0.320. The van der Waals surface area contributed by atoms with E-state index in [1.165, 1.54) is 24.3 Å². The van der Waals surface area contributed by atoms with Crippen molar-refractivity contribution in [3.8, 4) is 17.0 Å². The predicted octanol–water partition coefficient (Wildman–Crippen LogP) is 2.94. The van der Waals surface area contributed by atoms with Gasteiger partial charge in [-0.2, -0.15) is 0 Å². The van der Waals surface area contributed by atoms with Crippen molar-refractivity contribution in [3.63, 3.8) is 0 Å². The SMILES string of the molecule is [2H]C([2H])(c1cc(-c2cc(F)c(OC)cc2F)ncc1N1CCC[C@](N)(C(=O)C(F)F)C1)n1cnc2c(N)ncnc21. The lowest BCUT2D eigenvalue weighted by Crippen LogP contribution is -2.61. The van der Waals surface area contributed by atoms with E-state index in [2.05, 4.69) is 19.9 Å². The number of methoxy groups -OCH3 is 1. The molecule has 5 rings (SSSR count). The standard InChI is InChI=1S/C25H24F4N8O2/c1-39-19-7-15(26)14(6-16(19)27)17-5-13(9-37-12-35-20-23(30)33-11-34-24(20)37)18(8-32-17)36-4-2-3-25(31,10-36)21(38)22(28)29/h5-8,11-12,22H,2-4,9-10,31H2,1H3,(H2,30,33,34)/t25-/m1/s1/i9D2. The third kappa shape index (κ3) is 4.82. The highest BCUT2D eigenvalue weighted by Gasteiger charge is 2.43. The molecule has 1 aromatic carbocycles. The van der Waals surface area contributed by atoms with E-state index in [0.29, 0.717) is 0 Å². The van der Waals surface area contributed by atoms with E-state index in [-0.39, 0.29) is 71.2 Å². The summed E-state index contributed by atoms with van der Waals surface area (Å²) in [6.45, 7) is -2.62. The molecule has 4 N–H and O–H groups in total. The van der Waals surface area contributed by atoms with Crippen LogP contribution in [0.15, 0.2) is 37.1 Å². The molecule has 4 heterocycles. The van der Waals surface area contributed by atoms with Gasteiger partial charge in [0.05, 0.1) is 45.8 Å². The van der Waals surface area contributed by atoms with Crippen LogP contribution in [0.1, 0.15) is 21.1 Å². The Morgan fingerprint density at radius 2 is 2.00 bits per heavy atom. The number of carbonyl (C=O) groups excluding carboxylic acids is 1. The molecule has 39 heavy (non-hydrogen) atoms. The van der Waals surface area contributed by atoms with Crippen molar-refractivity contribution in [3.05, 3.63) is 54.2 Å². The molecule has 1 aliphatic heterocycles. The number of fused-ring (bicyclic) bond motifs is 1. The molecule has 204 valence electrons. The first-order valence-corrected chi connectivity index (χ1v) is 11.7. The number of alkyl halides is 2. The molecule has 1 aliphatic rings. The minimum absolute atomic E-state index is 0.000890. The van der Waals surface area contributed by atoms with Crippen LogP contribution in [-0.4, -0.2) is 62.4 Å². The molecule has 0 spiro atoms. The molecule has 1 atom stereocenters. The number of Topliss-reactive ketones (excluding diaryl/α,β-unsaturated/α-hetero) is 1. The Morgan fingerprint density at radius 1 is 1.21 bits per heavy atom. The quantitative estimate of drug-likeness (QED) is 0.335. The van der Waals surface area contributed by atoms with E-state index in [0.717, 1.165) is 29.4 Å². The van der Waals surface area contributed by atoms with E-state index in [1.807, 2.05) is 0 Å². The number of anilines is 2. The summed E-state index contributed by atoms with van der Waals surface area (Å²) in [6, 6.07) is 2.90. The molecule has 1 saturated heterocycles. The summed E-state index contributed by atoms with van der Waals surface area (Å²) in [5, 5.41) is 0. The molecule has 14 heteroatoms. The van der Waals surface area contributed by atoms with Gasteiger partial charge in [-0.05, 0) is 30.5 Å². The summed E-state index contributed by atoms with van der Waals surface area (Å²) in [4.78, 5) is 30.1. The number of ketones is 1. The van der Waals surface area contributed by atoms with Gasteiger partial charge >= 0.3 is 0 Å². The highest BCUT2D eigenvalue weighted by Crippen LogP contribution is 2.34. The topological polar surface area (TPSA) is 138 Å². The Balaban J connectivity index is 1.70. The van der Waals surface area contributed by atoms with Gasteiger partial charge in [0.15, 0.2) is 23.0 Å². The Morgan fingerprint density at radius 3 is 2.74 bits per heavy atom. The van der Waals surface area contributed by atoms with Gasteiger partial charge in [-0.3, -0.25) is 9.78 Å². The van der Waals surface area contributed by atoms with Gasteiger partial charge in [0, 0.05) is 24.7 Å². The van der Waals surface area contributed by atoms with Crippen LogP contribution in [-0.2, 0) is 11.3 Å². The van der Waals surface area contributed by atoms with Crippen molar-refractivity contribution in [1.82, 2.24) is 24.5 Å². The predicted molar refractivity (Wildman–Crippen MR) is 134 cm³/mol. The number of halogens is 4. The van der Waals surface area contributed by atoms with Crippen molar-refractivity contribution in [2.45, 2.75) is 31.3 Å². The molecule has 10 nitrogen and oxygen atoms in total. The summed E-state index contributed by atoms with van der Waals surface area (Å²) in [5.41, 5.74) is 9.80. The Labute approximate surface area is 222 Å². The summed E-state index contributed by atoms with van der Waals surface area (Å²) >= 11 is 0. The summed E-state index contributed by atoms with van der Waals surface area (Å²) < 4.78 is 80.4. The van der Waals surface area contributed by atoms with Crippen LogP contribution in [0.4, 0.5) is 29.1 Å². The third-order valence-corrected chi connectivity index (χ3v) is 6.56. The Kier molecular flexibility index (Phi) is 6.15. The normalized spacial score (nSPS) is 18.8. The fourth-order valence-corrected chi connectivity index (χ4v) is 4.59. The first-order valence-electron chi connectivity index (χ1n) is 12.7. The van der Waals surface area contributed by atoms with E-state index in [1.54, 1.807) is 0 Å². The number of aromatic nitrogens is 5. The number of hydrogen-bond donors (Lipinski definition) is 2. The van der Waals surface area contributed by atoms with Crippen molar-refractivity contribution in [1.29, 1.82) is 0 Å².